The molecule has 0 bridgehead atoms. The molecule has 0 aliphatic carbocycles. The highest BCUT2D eigenvalue weighted by Gasteiger charge is 2.33. The van der Waals surface area contributed by atoms with Gasteiger partial charge < -0.3 is 9.42 Å². The highest BCUT2D eigenvalue weighted by atomic mass is 79.9. The average Bonchev–Trinajstić information content (AvgIpc) is 3.09. The van der Waals surface area contributed by atoms with Crippen LogP contribution < -0.4 is 0 Å². The van der Waals surface area contributed by atoms with Gasteiger partial charge in [0.05, 0.1) is 16.2 Å². The minimum absolute atomic E-state index is 0.0949. The fourth-order valence-corrected chi connectivity index (χ4v) is 3.02. The Morgan fingerprint density at radius 3 is 2.95 bits per heavy atom. The Bertz CT molecular complexity index is 686. The van der Waals surface area contributed by atoms with Crippen LogP contribution in [0.2, 0.25) is 0 Å². The van der Waals surface area contributed by atoms with Crippen molar-refractivity contribution in [3.8, 4) is 0 Å². The topological polar surface area (TPSA) is 46.3 Å². The number of hydrogen-bond donors (Lipinski definition) is 0. The Balaban J connectivity index is 1.87. The number of halogens is 2. The van der Waals surface area contributed by atoms with Gasteiger partial charge in [0, 0.05) is 18.2 Å². The quantitative estimate of drug-likeness (QED) is 0.824. The number of aromatic nitrogens is 1. The van der Waals surface area contributed by atoms with E-state index < -0.39 is 0 Å². The minimum Gasteiger partial charge on any atom is -0.359 e. The lowest BCUT2D eigenvalue weighted by molar-refractivity contribution is 0.0714. The van der Waals surface area contributed by atoms with Crippen molar-refractivity contribution < 1.29 is 13.7 Å². The van der Waals surface area contributed by atoms with Crippen molar-refractivity contribution in [1.29, 1.82) is 0 Å². The average molecular weight is 353 g/mol. The SMILES string of the molecule is Cc1cc(C2CCCN2C(=O)c2ccc(F)c(Br)c2)on1. The lowest BCUT2D eigenvalue weighted by Gasteiger charge is -2.22. The monoisotopic (exact) mass is 352 g/mol. The molecule has 4 nitrogen and oxygen atoms in total. The number of aryl methyl sites for hydroxylation is 1. The molecule has 2 aromatic rings. The van der Waals surface area contributed by atoms with Crippen molar-refractivity contribution in [2.24, 2.45) is 0 Å². The Hall–Kier alpha value is -1.69. The van der Waals surface area contributed by atoms with E-state index in [9.17, 15) is 9.18 Å². The summed E-state index contributed by atoms with van der Waals surface area (Å²) in [5.74, 6) is 0.210. The van der Waals surface area contributed by atoms with E-state index in [0.717, 1.165) is 18.5 Å². The summed E-state index contributed by atoms with van der Waals surface area (Å²) in [6, 6.07) is 6.07. The summed E-state index contributed by atoms with van der Waals surface area (Å²) in [6.07, 6.45) is 1.77. The molecule has 0 radical (unpaired) electrons. The van der Waals surface area contributed by atoms with Gasteiger partial charge in [0.25, 0.3) is 5.91 Å². The Labute approximate surface area is 130 Å². The van der Waals surface area contributed by atoms with Gasteiger partial charge in [-0.1, -0.05) is 5.16 Å². The van der Waals surface area contributed by atoms with Crippen LogP contribution in [0.3, 0.4) is 0 Å². The molecule has 1 atom stereocenters. The molecule has 3 rings (SSSR count). The lowest BCUT2D eigenvalue weighted by atomic mass is 10.1. The van der Waals surface area contributed by atoms with Crippen LogP contribution in [0.1, 0.15) is 40.7 Å². The number of rotatable bonds is 2. The van der Waals surface area contributed by atoms with E-state index in [1.165, 1.54) is 18.2 Å². The van der Waals surface area contributed by atoms with Crippen LogP contribution in [0, 0.1) is 12.7 Å². The molecule has 1 aliphatic heterocycles. The number of carbonyl (C=O) groups excluding carboxylic acids is 1. The summed E-state index contributed by atoms with van der Waals surface area (Å²) in [4.78, 5) is 14.4. The summed E-state index contributed by atoms with van der Waals surface area (Å²) >= 11 is 3.11. The Morgan fingerprint density at radius 2 is 2.29 bits per heavy atom. The largest absolute Gasteiger partial charge is 0.359 e. The van der Waals surface area contributed by atoms with E-state index in [2.05, 4.69) is 21.1 Å². The van der Waals surface area contributed by atoms with Gasteiger partial charge in [0.15, 0.2) is 5.76 Å². The first-order chi connectivity index (χ1) is 10.1. The van der Waals surface area contributed by atoms with Crippen molar-refractivity contribution in [3.05, 3.63) is 51.6 Å². The van der Waals surface area contributed by atoms with Gasteiger partial charge in [-0.3, -0.25) is 4.79 Å². The molecule has 1 aromatic carbocycles. The number of carbonyl (C=O) groups is 1. The van der Waals surface area contributed by atoms with E-state index in [0.29, 0.717) is 22.3 Å². The van der Waals surface area contributed by atoms with E-state index in [1.807, 2.05) is 13.0 Å². The van der Waals surface area contributed by atoms with Gasteiger partial charge >= 0.3 is 0 Å². The normalized spacial score (nSPS) is 18.2. The van der Waals surface area contributed by atoms with Crippen LogP contribution in [0.4, 0.5) is 4.39 Å². The molecule has 1 aromatic heterocycles. The molecular formula is C15H14BrFN2O2. The highest BCUT2D eigenvalue weighted by molar-refractivity contribution is 9.10. The third kappa shape index (κ3) is 2.72. The van der Waals surface area contributed by atoms with Crippen LogP contribution in [0.15, 0.2) is 33.3 Å². The number of amides is 1. The summed E-state index contributed by atoms with van der Waals surface area (Å²) in [6.45, 7) is 2.52. The van der Waals surface area contributed by atoms with E-state index >= 15 is 0 Å². The zero-order valence-electron chi connectivity index (χ0n) is 11.5. The minimum atomic E-state index is -0.379. The molecule has 1 amide bonds. The zero-order chi connectivity index (χ0) is 15.0. The second-order valence-corrected chi connectivity index (χ2v) is 6.01. The maximum atomic E-state index is 13.3. The molecule has 21 heavy (non-hydrogen) atoms. The molecule has 1 saturated heterocycles. The smallest absolute Gasteiger partial charge is 0.254 e. The second kappa shape index (κ2) is 5.60. The molecule has 2 heterocycles. The van der Waals surface area contributed by atoms with Gasteiger partial charge in [0.1, 0.15) is 5.82 Å². The second-order valence-electron chi connectivity index (χ2n) is 5.16. The maximum Gasteiger partial charge on any atom is 0.254 e. The van der Waals surface area contributed by atoms with Crippen LogP contribution in [-0.2, 0) is 0 Å². The molecule has 0 spiro atoms. The Kier molecular flexibility index (Phi) is 3.80. The number of likely N-dealkylation sites (tertiary alicyclic amines) is 1. The first-order valence-electron chi connectivity index (χ1n) is 6.75. The zero-order valence-corrected chi connectivity index (χ0v) is 13.1. The van der Waals surface area contributed by atoms with Crippen molar-refractivity contribution in [2.75, 3.05) is 6.54 Å². The van der Waals surface area contributed by atoms with E-state index in [-0.39, 0.29) is 17.8 Å². The Morgan fingerprint density at radius 1 is 1.48 bits per heavy atom. The maximum absolute atomic E-state index is 13.3. The fraction of sp³-hybridized carbons (Fsp3) is 0.333. The van der Waals surface area contributed by atoms with Crippen LogP contribution in [-0.4, -0.2) is 22.5 Å². The lowest BCUT2D eigenvalue weighted by Crippen LogP contribution is -2.30. The van der Waals surface area contributed by atoms with Crippen molar-refractivity contribution >= 4 is 21.8 Å². The van der Waals surface area contributed by atoms with Gasteiger partial charge in [-0.15, -0.1) is 0 Å². The van der Waals surface area contributed by atoms with Gasteiger partial charge in [-0.2, -0.15) is 0 Å². The third-order valence-electron chi connectivity index (χ3n) is 3.65. The first-order valence-corrected chi connectivity index (χ1v) is 7.55. The number of nitrogens with zero attached hydrogens (tertiary/aromatic N) is 2. The summed E-state index contributed by atoms with van der Waals surface area (Å²) in [7, 11) is 0. The molecule has 1 fully saturated rings. The van der Waals surface area contributed by atoms with Gasteiger partial charge in [0.2, 0.25) is 0 Å². The molecule has 1 unspecified atom stereocenters. The number of hydrogen-bond acceptors (Lipinski definition) is 3. The van der Waals surface area contributed by atoms with E-state index in [4.69, 9.17) is 4.52 Å². The number of benzene rings is 1. The van der Waals surface area contributed by atoms with Crippen molar-refractivity contribution in [1.82, 2.24) is 10.1 Å². The molecule has 0 saturated carbocycles. The van der Waals surface area contributed by atoms with Gasteiger partial charge in [-0.05, 0) is 53.9 Å². The fourth-order valence-electron chi connectivity index (χ4n) is 2.64. The summed E-state index contributed by atoms with van der Waals surface area (Å²) in [5, 5.41) is 3.88. The molecule has 0 N–H and O–H groups in total. The van der Waals surface area contributed by atoms with Gasteiger partial charge in [-0.25, -0.2) is 4.39 Å². The van der Waals surface area contributed by atoms with E-state index in [1.54, 1.807) is 4.90 Å². The van der Waals surface area contributed by atoms with Crippen LogP contribution in [0.5, 0.6) is 0 Å². The summed E-state index contributed by atoms with van der Waals surface area (Å²) < 4.78 is 18.9. The predicted molar refractivity (Wildman–Crippen MR) is 78.4 cm³/mol. The molecule has 110 valence electrons. The van der Waals surface area contributed by atoms with Crippen molar-refractivity contribution in [3.63, 3.8) is 0 Å². The predicted octanol–water partition coefficient (Wildman–Crippen LogP) is 3.86. The molecule has 1 aliphatic rings. The molecule has 6 heteroatoms. The van der Waals surface area contributed by atoms with Crippen molar-refractivity contribution in [2.45, 2.75) is 25.8 Å². The molecular weight excluding hydrogens is 339 g/mol. The van der Waals surface area contributed by atoms with Crippen LogP contribution >= 0.6 is 15.9 Å². The summed E-state index contributed by atoms with van der Waals surface area (Å²) in [5.41, 5.74) is 1.26. The highest BCUT2D eigenvalue weighted by Crippen LogP contribution is 2.33. The third-order valence-corrected chi connectivity index (χ3v) is 4.26. The van der Waals surface area contributed by atoms with Crippen LogP contribution in [0.25, 0.3) is 0 Å². The standard InChI is InChI=1S/C15H14BrFN2O2/c1-9-7-14(21-18-9)13-3-2-6-19(13)15(20)10-4-5-12(17)11(16)8-10/h4-5,7-8,13H,2-3,6H2,1H3. The first kappa shape index (κ1) is 14.3.